The molecule has 3 aliphatic heterocycles. The molecule has 3 saturated heterocycles. The Hall–Kier alpha value is -6.36. The normalized spacial score (nSPS) is 22.1. The molecule has 3 fully saturated rings. The first-order chi connectivity index (χ1) is 33.2. The second-order valence-corrected chi connectivity index (χ2v) is 15.4. The lowest BCUT2D eigenvalue weighted by molar-refractivity contribution is -0.137. The first-order valence-corrected chi connectivity index (χ1v) is 20.4. The molecule has 62 heavy (non-hydrogen) atoms. The van der Waals surface area contributed by atoms with Gasteiger partial charge in [0.05, 0.1) is 62.7 Å². The number of methoxy groups -OCH3 is 2. The minimum Gasteiger partial charge on any atom is -0.453 e. The number of alkyl carbamates (subject to hydrolysis) is 2. The first kappa shape index (κ1) is 33.3. The summed E-state index contributed by atoms with van der Waals surface area (Å²) in [6.07, 6.45) is 4.23. The Morgan fingerprint density at radius 1 is 0.823 bits per heavy atom. The molecule has 5 aromatic rings. The zero-order valence-corrected chi connectivity index (χ0v) is 34.1. The summed E-state index contributed by atoms with van der Waals surface area (Å²) >= 11 is 0. The number of aromatic nitrogens is 5. The van der Waals surface area contributed by atoms with Crippen LogP contribution in [-0.2, 0) is 23.8 Å². The highest BCUT2D eigenvalue weighted by Gasteiger charge is 2.41. The molecule has 0 bridgehead atoms. The van der Waals surface area contributed by atoms with Crippen LogP contribution in [0.4, 0.5) is 14.0 Å². The summed E-state index contributed by atoms with van der Waals surface area (Å²) < 4.78 is 96.2. The van der Waals surface area contributed by atoms with Gasteiger partial charge in [-0.1, -0.05) is 31.9 Å². The van der Waals surface area contributed by atoms with Crippen LogP contribution in [0.25, 0.3) is 44.7 Å². The van der Waals surface area contributed by atoms with Gasteiger partial charge in [-0.2, -0.15) is 0 Å². The maximum Gasteiger partial charge on any atom is 0.407 e. The molecule has 6 heterocycles. The van der Waals surface area contributed by atoms with Crippen LogP contribution >= 0.6 is 0 Å². The first-order valence-electron chi connectivity index (χ1n) is 24.4. The van der Waals surface area contributed by atoms with Crippen molar-refractivity contribution in [3.63, 3.8) is 0 Å². The van der Waals surface area contributed by atoms with Crippen LogP contribution in [0.15, 0.2) is 60.9 Å². The Kier molecular flexibility index (Phi) is 9.84. The van der Waals surface area contributed by atoms with Gasteiger partial charge in [0.2, 0.25) is 11.8 Å². The average Bonchev–Trinajstić information content (AvgIpc) is 4.19. The lowest BCUT2D eigenvalue weighted by atomic mass is 9.90. The predicted octanol–water partition coefficient (Wildman–Crippen LogP) is 6.68. The maximum atomic E-state index is 16.0. The number of hydrogen-bond donors (Lipinski definition) is 4. The van der Waals surface area contributed by atoms with E-state index in [2.05, 4.69) is 30.0 Å². The summed E-state index contributed by atoms with van der Waals surface area (Å²) in [6.45, 7) is -6.06. The minimum atomic E-state index is -3.81. The third-order valence-corrected chi connectivity index (χ3v) is 11.8. The summed E-state index contributed by atoms with van der Waals surface area (Å²) in [6, 6.07) is 7.98. The molecule has 17 heteroatoms. The number of aromatic amines is 2. The largest absolute Gasteiger partial charge is 0.453 e. The van der Waals surface area contributed by atoms with Gasteiger partial charge in [0.1, 0.15) is 29.5 Å². The average molecular weight is 858 g/mol. The van der Waals surface area contributed by atoms with Crippen molar-refractivity contribution >= 4 is 34.9 Å². The van der Waals surface area contributed by atoms with Crippen molar-refractivity contribution < 1.29 is 48.7 Å². The number of ether oxygens (including phenoxy) is 3. The third-order valence-electron chi connectivity index (χ3n) is 11.8. The number of nitrogens with zero attached hydrogens (tertiary/aromatic N) is 5. The predicted molar refractivity (Wildman–Crippen MR) is 227 cm³/mol. The number of H-pyrrole nitrogens is 2. The Balaban J connectivity index is 0.979. The number of carbonyl (C=O) groups is 4. The fraction of sp³-hybridized carbons (Fsp3) is 0.444. The molecule has 2 aromatic carbocycles. The highest BCUT2D eigenvalue weighted by atomic mass is 19.1. The number of fused-ring (bicyclic) bond motifs is 1. The molecule has 16 nitrogen and oxygen atoms in total. The molecule has 3 aromatic heterocycles. The Bertz CT molecular complexity index is 2770. The number of pyridine rings is 1. The fourth-order valence-corrected chi connectivity index (χ4v) is 8.56. The van der Waals surface area contributed by atoms with Gasteiger partial charge in [0.25, 0.3) is 0 Å². The van der Waals surface area contributed by atoms with E-state index in [0.29, 0.717) is 90.4 Å². The number of likely N-dealkylation sites (tertiary alicyclic amines) is 2. The number of rotatable bonds is 11. The van der Waals surface area contributed by atoms with Gasteiger partial charge < -0.3 is 44.6 Å². The van der Waals surface area contributed by atoms with E-state index < -0.39 is 61.6 Å². The lowest BCUT2D eigenvalue weighted by Crippen LogP contribution is -2.53. The summed E-state index contributed by atoms with van der Waals surface area (Å²) in [5.74, 6) is -5.31. The smallest absolute Gasteiger partial charge is 0.407 e. The van der Waals surface area contributed by atoms with Crippen LogP contribution in [0.2, 0.25) is 0 Å². The molecule has 4 amide bonds. The zero-order valence-electron chi connectivity index (χ0n) is 42.1. The molecule has 0 saturated carbocycles. The van der Waals surface area contributed by atoms with Gasteiger partial charge in [-0.25, -0.2) is 28.9 Å². The van der Waals surface area contributed by atoms with E-state index in [1.165, 1.54) is 19.4 Å². The Morgan fingerprint density at radius 3 is 2.06 bits per heavy atom. The van der Waals surface area contributed by atoms with Crippen molar-refractivity contribution in [1.29, 1.82) is 0 Å². The molecular formula is C45H52FN9O7. The van der Waals surface area contributed by atoms with E-state index in [1.54, 1.807) is 52.8 Å². The second kappa shape index (κ2) is 18.3. The van der Waals surface area contributed by atoms with Crippen LogP contribution in [0.1, 0.15) is 86.9 Å². The molecule has 326 valence electrons. The van der Waals surface area contributed by atoms with Crippen LogP contribution < -0.4 is 10.6 Å². The molecule has 0 aliphatic carbocycles. The van der Waals surface area contributed by atoms with Gasteiger partial charge in [-0.15, -0.1) is 0 Å². The van der Waals surface area contributed by atoms with E-state index >= 15 is 4.39 Å². The van der Waals surface area contributed by atoms with Crippen molar-refractivity contribution in [1.82, 2.24) is 45.4 Å². The van der Waals surface area contributed by atoms with E-state index in [-0.39, 0.29) is 42.2 Å². The monoisotopic (exact) mass is 857 g/mol. The summed E-state index contributed by atoms with van der Waals surface area (Å²) in [5, 5.41) is 5.22. The van der Waals surface area contributed by atoms with Crippen molar-refractivity contribution in [2.45, 2.75) is 76.4 Å². The topological polar surface area (TPSA) is 197 Å². The fourth-order valence-electron chi connectivity index (χ4n) is 8.56. The molecule has 3 aliphatic rings. The zero-order chi connectivity index (χ0) is 50.3. The third kappa shape index (κ3) is 8.71. The van der Waals surface area contributed by atoms with Crippen LogP contribution in [0.3, 0.4) is 0 Å². The number of carbonyl (C=O) groups excluding carboxylic acids is 4. The molecule has 0 unspecified atom stereocenters. The van der Waals surface area contributed by atoms with Gasteiger partial charge in [-0.3, -0.25) is 9.59 Å². The summed E-state index contributed by atoms with van der Waals surface area (Å²) in [7, 11) is 2.14. The van der Waals surface area contributed by atoms with Crippen LogP contribution in [-0.4, -0.2) is 111 Å². The van der Waals surface area contributed by atoms with Gasteiger partial charge >= 0.3 is 12.2 Å². The van der Waals surface area contributed by atoms with E-state index in [9.17, 15) is 19.2 Å². The number of amides is 4. The minimum absolute atomic E-state index is 0.0567. The Labute approximate surface area is 369 Å². The standard InChI is InChI=1S/C45H52FN9O7/c1-25(2)38(52-44(58)60-3)42(56)54-17-5-7-36(54)40-47-23-34(50-40)28-10-13-32-27(21-28)11-14-33(49-32)30-12-9-29(22-31(30)46)35-24-48-41(51-35)37-8-6-18-55(37)43(57)39(53-45(59)61-4)26-15-19-62-20-16-26/h9-14,21-26,36-39H,5-8,15-20H2,1-4H3,(H,47,50)(H,48,51)(H,52,58)(H,53,59)/t36-,37-,38+,39-/m0/s1/i1D3,2D3,25D,38D. The number of nitrogens with one attached hydrogen (secondary N) is 4. The summed E-state index contributed by atoms with van der Waals surface area (Å²) in [4.78, 5) is 75.9. The van der Waals surface area contributed by atoms with E-state index in [1.807, 2.05) is 6.07 Å². The highest BCUT2D eigenvalue weighted by molar-refractivity contribution is 5.88. The molecule has 0 spiro atoms. The van der Waals surface area contributed by atoms with Gasteiger partial charge in [-0.05, 0) is 80.7 Å². The second-order valence-electron chi connectivity index (χ2n) is 15.4. The SMILES string of the molecule is [2H]C([2H])([2H])C([2H])(C([2H])([2H])[2H])[C@@]([2H])(NC(=O)OC)C(=O)N1CCC[C@H]1c1ncc(-c2ccc3nc(-c4ccc(-c5cnc([C@@H]6CCCN6C(=O)[C@@H](NC(=O)OC)C6CCOCC6)[nH]5)cc4F)ccc3c2)[nH]1. The molecular weight excluding hydrogens is 798 g/mol. The van der Waals surface area contributed by atoms with Gasteiger partial charge in [0, 0.05) is 58.0 Å². The van der Waals surface area contributed by atoms with E-state index in [4.69, 9.17) is 25.4 Å². The maximum absolute atomic E-state index is 16.0. The molecule has 0 radical (unpaired) electrons. The number of benzene rings is 2. The molecule has 4 atom stereocenters. The van der Waals surface area contributed by atoms with Crippen molar-refractivity contribution in [2.75, 3.05) is 40.5 Å². The van der Waals surface area contributed by atoms with Crippen molar-refractivity contribution in [3.8, 4) is 33.8 Å². The number of hydrogen-bond acceptors (Lipinski definition) is 10. The number of imidazole rings is 2. The molecule has 4 N–H and O–H groups in total. The van der Waals surface area contributed by atoms with Crippen LogP contribution in [0.5, 0.6) is 0 Å². The van der Waals surface area contributed by atoms with E-state index in [0.717, 1.165) is 18.4 Å². The van der Waals surface area contributed by atoms with Gasteiger partial charge in [0.15, 0.2) is 0 Å². The van der Waals surface area contributed by atoms with Crippen LogP contribution in [0, 0.1) is 17.6 Å². The van der Waals surface area contributed by atoms with Crippen molar-refractivity contribution in [2.24, 2.45) is 11.8 Å². The highest BCUT2D eigenvalue weighted by Crippen LogP contribution is 2.36. The summed E-state index contributed by atoms with van der Waals surface area (Å²) in [5.41, 5.74) is 3.45. The molecule has 8 rings (SSSR count). The quantitative estimate of drug-likeness (QED) is 0.111. The number of halogens is 1. The lowest BCUT2D eigenvalue weighted by Gasteiger charge is -2.34. The van der Waals surface area contributed by atoms with Crippen molar-refractivity contribution in [3.05, 3.63) is 78.4 Å². The Morgan fingerprint density at radius 2 is 1.44 bits per heavy atom.